The van der Waals surface area contributed by atoms with Gasteiger partial charge in [0.2, 0.25) is 5.89 Å². The molecule has 1 N–H and O–H groups in total. The van der Waals surface area contributed by atoms with Crippen molar-refractivity contribution in [3.63, 3.8) is 0 Å². The summed E-state index contributed by atoms with van der Waals surface area (Å²) in [6.45, 7) is 1.91. The maximum absolute atomic E-state index is 13.6. The van der Waals surface area contributed by atoms with Crippen LogP contribution in [0.2, 0.25) is 5.02 Å². The Labute approximate surface area is 104 Å². The zero-order chi connectivity index (χ0) is 12.4. The number of halogens is 2. The molecule has 3 nitrogen and oxygen atoms in total. The van der Waals surface area contributed by atoms with Crippen LogP contribution in [0.1, 0.15) is 18.9 Å². The van der Waals surface area contributed by atoms with E-state index in [0.717, 1.165) is 0 Å². The minimum atomic E-state index is -0.419. The van der Waals surface area contributed by atoms with Gasteiger partial charge in [0.05, 0.1) is 17.8 Å². The Hall–Kier alpha value is -1.39. The fourth-order valence-electron chi connectivity index (χ4n) is 1.43. The SMILES string of the molecule is CNC(C)c1ncc(-c2ccc(Cl)cc2F)o1. The third-order valence-corrected chi connectivity index (χ3v) is 2.76. The molecule has 0 saturated heterocycles. The zero-order valence-electron chi connectivity index (χ0n) is 9.50. The predicted octanol–water partition coefficient (Wildman–Crippen LogP) is 3.41. The first-order valence-corrected chi connectivity index (χ1v) is 5.58. The van der Waals surface area contributed by atoms with Crippen LogP contribution in [0.15, 0.2) is 28.8 Å². The summed E-state index contributed by atoms with van der Waals surface area (Å²) in [5.74, 6) is 0.505. The number of benzene rings is 1. The standard InChI is InChI=1S/C12H12ClFN2O/c1-7(15-2)12-16-6-11(17-12)9-4-3-8(13)5-10(9)14/h3-7,15H,1-2H3. The Morgan fingerprint density at radius 1 is 1.47 bits per heavy atom. The quantitative estimate of drug-likeness (QED) is 0.912. The molecule has 17 heavy (non-hydrogen) atoms. The highest BCUT2D eigenvalue weighted by Crippen LogP contribution is 2.27. The fraction of sp³-hybridized carbons (Fsp3) is 0.250. The van der Waals surface area contributed by atoms with Gasteiger partial charge >= 0.3 is 0 Å². The number of oxazole rings is 1. The molecule has 1 aromatic heterocycles. The van der Waals surface area contributed by atoms with Crippen molar-refractivity contribution in [1.29, 1.82) is 0 Å². The number of hydrogen-bond acceptors (Lipinski definition) is 3. The average Bonchev–Trinajstić information content (AvgIpc) is 2.77. The molecule has 5 heteroatoms. The molecule has 1 heterocycles. The van der Waals surface area contributed by atoms with Crippen LogP contribution < -0.4 is 5.32 Å². The van der Waals surface area contributed by atoms with E-state index in [0.29, 0.717) is 22.2 Å². The van der Waals surface area contributed by atoms with Crippen molar-refractivity contribution >= 4 is 11.6 Å². The lowest BCUT2D eigenvalue weighted by Gasteiger charge is -2.04. The summed E-state index contributed by atoms with van der Waals surface area (Å²) >= 11 is 5.69. The highest BCUT2D eigenvalue weighted by Gasteiger charge is 2.14. The number of rotatable bonds is 3. The Kier molecular flexibility index (Phi) is 3.45. The Morgan fingerprint density at radius 2 is 2.24 bits per heavy atom. The summed E-state index contributed by atoms with van der Waals surface area (Å²) in [4.78, 5) is 4.10. The van der Waals surface area contributed by atoms with Gasteiger partial charge in [-0.1, -0.05) is 11.6 Å². The van der Waals surface area contributed by atoms with Gasteiger partial charge in [0.15, 0.2) is 5.76 Å². The van der Waals surface area contributed by atoms with E-state index >= 15 is 0 Å². The second-order valence-corrected chi connectivity index (χ2v) is 4.13. The van der Waals surface area contributed by atoms with Gasteiger partial charge in [0, 0.05) is 5.02 Å². The first-order chi connectivity index (χ1) is 8.11. The predicted molar refractivity (Wildman–Crippen MR) is 64.4 cm³/mol. The molecule has 0 saturated carbocycles. The fourth-order valence-corrected chi connectivity index (χ4v) is 1.58. The third-order valence-electron chi connectivity index (χ3n) is 2.52. The molecule has 0 aliphatic heterocycles. The number of nitrogens with zero attached hydrogens (tertiary/aromatic N) is 1. The van der Waals surface area contributed by atoms with Gasteiger partial charge in [-0.2, -0.15) is 0 Å². The lowest BCUT2D eigenvalue weighted by molar-refractivity contribution is 0.440. The van der Waals surface area contributed by atoms with Gasteiger partial charge in [-0.05, 0) is 32.2 Å². The minimum Gasteiger partial charge on any atom is -0.439 e. The van der Waals surface area contributed by atoms with E-state index in [1.807, 2.05) is 6.92 Å². The maximum Gasteiger partial charge on any atom is 0.211 e. The van der Waals surface area contributed by atoms with E-state index in [-0.39, 0.29) is 6.04 Å². The van der Waals surface area contributed by atoms with Gasteiger partial charge in [-0.3, -0.25) is 0 Å². The van der Waals surface area contributed by atoms with Gasteiger partial charge in [-0.25, -0.2) is 9.37 Å². The first-order valence-electron chi connectivity index (χ1n) is 5.20. The summed E-state index contributed by atoms with van der Waals surface area (Å²) in [6, 6.07) is 4.43. The van der Waals surface area contributed by atoms with Crippen LogP contribution in [0.25, 0.3) is 11.3 Å². The van der Waals surface area contributed by atoms with Crippen LogP contribution in [0.3, 0.4) is 0 Å². The molecule has 1 atom stereocenters. The van der Waals surface area contributed by atoms with Crippen molar-refractivity contribution in [3.8, 4) is 11.3 Å². The topological polar surface area (TPSA) is 38.1 Å². The second kappa shape index (κ2) is 4.85. The molecule has 2 aromatic rings. The van der Waals surface area contributed by atoms with Crippen LogP contribution in [0, 0.1) is 5.82 Å². The molecule has 0 spiro atoms. The second-order valence-electron chi connectivity index (χ2n) is 3.70. The Balaban J connectivity index is 2.37. The molecular weight excluding hydrogens is 243 g/mol. The van der Waals surface area contributed by atoms with E-state index in [1.165, 1.54) is 12.3 Å². The third kappa shape index (κ3) is 2.48. The zero-order valence-corrected chi connectivity index (χ0v) is 10.3. The van der Waals surface area contributed by atoms with Crippen molar-refractivity contribution in [2.75, 3.05) is 7.05 Å². The minimum absolute atomic E-state index is 0.0147. The van der Waals surface area contributed by atoms with Crippen molar-refractivity contribution < 1.29 is 8.81 Å². The molecule has 2 rings (SSSR count). The van der Waals surface area contributed by atoms with Gasteiger partial charge in [0.25, 0.3) is 0 Å². The Morgan fingerprint density at radius 3 is 2.88 bits per heavy atom. The monoisotopic (exact) mass is 254 g/mol. The molecule has 1 unspecified atom stereocenters. The van der Waals surface area contributed by atoms with Crippen LogP contribution in [0.5, 0.6) is 0 Å². The summed E-state index contributed by atoms with van der Waals surface area (Å²) < 4.78 is 19.1. The Bertz CT molecular complexity index is 527. The van der Waals surface area contributed by atoms with Gasteiger partial charge in [-0.15, -0.1) is 0 Å². The maximum atomic E-state index is 13.6. The smallest absolute Gasteiger partial charge is 0.211 e. The number of nitrogens with one attached hydrogen (secondary N) is 1. The molecule has 0 amide bonds. The molecule has 0 radical (unpaired) electrons. The largest absolute Gasteiger partial charge is 0.439 e. The summed E-state index contributed by atoms with van der Waals surface area (Å²) in [5, 5.41) is 3.35. The molecule has 0 fully saturated rings. The lowest BCUT2D eigenvalue weighted by atomic mass is 10.2. The molecule has 0 aliphatic rings. The van der Waals surface area contributed by atoms with Crippen molar-refractivity contribution in [1.82, 2.24) is 10.3 Å². The highest BCUT2D eigenvalue weighted by molar-refractivity contribution is 6.30. The van der Waals surface area contributed by atoms with Crippen LogP contribution in [-0.4, -0.2) is 12.0 Å². The van der Waals surface area contributed by atoms with Crippen molar-refractivity contribution in [3.05, 3.63) is 41.1 Å². The number of aromatic nitrogens is 1. The molecule has 90 valence electrons. The van der Waals surface area contributed by atoms with E-state index in [2.05, 4.69) is 10.3 Å². The summed E-state index contributed by atoms with van der Waals surface area (Å²) in [6.07, 6.45) is 1.51. The lowest BCUT2D eigenvalue weighted by Crippen LogP contribution is -2.12. The van der Waals surface area contributed by atoms with Gasteiger partial charge < -0.3 is 9.73 Å². The summed E-state index contributed by atoms with van der Waals surface area (Å²) in [5.41, 5.74) is 0.358. The van der Waals surface area contributed by atoms with Crippen LogP contribution >= 0.6 is 11.6 Å². The molecule has 0 aliphatic carbocycles. The first kappa shape index (κ1) is 12.1. The average molecular weight is 255 g/mol. The highest BCUT2D eigenvalue weighted by atomic mass is 35.5. The molecule has 1 aromatic carbocycles. The van der Waals surface area contributed by atoms with Crippen molar-refractivity contribution in [2.24, 2.45) is 0 Å². The number of hydrogen-bond donors (Lipinski definition) is 1. The normalized spacial score (nSPS) is 12.7. The van der Waals surface area contributed by atoms with Gasteiger partial charge in [0.1, 0.15) is 5.82 Å². The summed E-state index contributed by atoms with van der Waals surface area (Å²) in [7, 11) is 1.80. The van der Waals surface area contributed by atoms with Crippen LogP contribution in [-0.2, 0) is 0 Å². The molecular formula is C12H12ClFN2O. The van der Waals surface area contributed by atoms with Crippen molar-refractivity contribution in [2.45, 2.75) is 13.0 Å². The van der Waals surface area contributed by atoms with Crippen LogP contribution in [0.4, 0.5) is 4.39 Å². The van der Waals surface area contributed by atoms with E-state index in [1.54, 1.807) is 19.2 Å². The van der Waals surface area contributed by atoms with E-state index < -0.39 is 5.82 Å². The van der Waals surface area contributed by atoms with E-state index in [9.17, 15) is 4.39 Å². The van der Waals surface area contributed by atoms with E-state index in [4.69, 9.17) is 16.0 Å². The molecule has 0 bridgehead atoms.